The first-order chi connectivity index (χ1) is 17.8. The van der Waals surface area contributed by atoms with Gasteiger partial charge in [0.15, 0.2) is 16.4 Å². The van der Waals surface area contributed by atoms with Crippen LogP contribution in [0.25, 0.3) is 38.8 Å². The second-order valence-corrected chi connectivity index (χ2v) is 11.1. The van der Waals surface area contributed by atoms with E-state index >= 15 is 0 Å². The highest BCUT2D eigenvalue weighted by atomic mass is 35.5. The third-order valence-corrected chi connectivity index (χ3v) is 8.53. The number of aryl methyl sites for hydroxylation is 1. The number of carbonyl (C=O) groups is 1. The van der Waals surface area contributed by atoms with E-state index in [1.54, 1.807) is 11.3 Å². The van der Waals surface area contributed by atoms with Crippen molar-refractivity contribution >= 4 is 68.0 Å². The molecule has 3 heterocycles. The summed E-state index contributed by atoms with van der Waals surface area (Å²) in [6, 6.07) is 15.2. The Kier molecular flexibility index (Phi) is 5.98. The van der Waals surface area contributed by atoms with Gasteiger partial charge in [0.2, 0.25) is 0 Å². The highest BCUT2D eigenvalue weighted by molar-refractivity contribution is 7.19. The molecule has 1 aliphatic rings. The van der Waals surface area contributed by atoms with Crippen LogP contribution < -0.4 is 5.56 Å². The minimum Gasteiger partial charge on any atom is -0.294 e. The van der Waals surface area contributed by atoms with Crippen LogP contribution in [0.15, 0.2) is 53.3 Å². The van der Waals surface area contributed by atoms with Crippen molar-refractivity contribution in [3.05, 3.63) is 96.3 Å². The Bertz CT molecular complexity index is 1820. The predicted molar refractivity (Wildman–Crippen MR) is 152 cm³/mol. The van der Waals surface area contributed by atoms with Crippen LogP contribution in [-0.2, 0) is 6.42 Å². The molecule has 2 aromatic carbocycles. The molecule has 0 N–H and O–H groups in total. The molecule has 0 radical (unpaired) electrons. The van der Waals surface area contributed by atoms with Crippen LogP contribution in [0.4, 0.5) is 0 Å². The van der Waals surface area contributed by atoms with Gasteiger partial charge in [-0.05, 0) is 78.8 Å². The maximum absolute atomic E-state index is 14.0. The summed E-state index contributed by atoms with van der Waals surface area (Å²) < 4.78 is 1.55. The van der Waals surface area contributed by atoms with E-state index in [1.165, 1.54) is 18.3 Å². The normalized spacial score (nSPS) is 14.4. The number of thiazole rings is 1. The summed E-state index contributed by atoms with van der Waals surface area (Å²) in [7, 11) is 0. The number of hydrogen-bond donors (Lipinski definition) is 0. The summed E-state index contributed by atoms with van der Waals surface area (Å²) in [5.41, 5.74) is 6.51. The van der Waals surface area contributed by atoms with Gasteiger partial charge in [-0.25, -0.2) is 4.98 Å². The lowest BCUT2D eigenvalue weighted by atomic mass is 9.84. The summed E-state index contributed by atoms with van der Waals surface area (Å²) in [4.78, 5) is 37.0. The van der Waals surface area contributed by atoms with Gasteiger partial charge < -0.3 is 0 Å². The van der Waals surface area contributed by atoms with Gasteiger partial charge in [-0.2, -0.15) is 4.98 Å². The smallest absolute Gasteiger partial charge is 0.268 e. The third-order valence-electron chi connectivity index (χ3n) is 6.79. The average molecular weight is 546 g/mol. The van der Waals surface area contributed by atoms with Crippen molar-refractivity contribution < 1.29 is 4.79 Å². The zero-order valence-electron chi connectivity index (χ0n) is 20.1. The topological polar surface area (TPSA) is 64.3 Å². The second-order valence-electron chi connectivity index (χ2n) is 9.20. The van der Waals surface area contributed by atoms with Crippen LogP contribution in [0, 0.1) is 6.92 Å². The van der Waals surface area contributed by atoms with Crippen LogP contribution >= 0.6 is 34.5 Å². The second kappa shape index (κ2) is 9.21. The molecule has 37 heavy (non-hydrogen) atoms. The van der Waals surface area contributed by atoms with Crippen molar-refractivity contribution in [3.63, 3.8) is 0 Å². The van der Waals surface area contributed by atoms with Gasteiger partial charge >= 0.3 is 0 Å². The fourth-order valence-corrected chi connectivity index (χ4v) is 6.37. The Balaban J connectivity index is 1.72. The molecular formula is C29H21Cl2N3O2S. The number of Topliss-reactive ketones (excluding diaryl/α,β-unsaturated/α-hetero) is 1. The molecule has 0 atom stereocenters. The largest absolute Gasteiger partial charge is 0.294 e. The van der Waals surface area contributed by atoms with E-state index in [-0.39, 0.29) is 11.3 Å². The lowest BCUT2D eigenvalue weighted by Crippen LogP contribution is -2.19. The molecule has 0 aliphatic heterocycles. The summed E-state index contributed by atoms with van der Waals surface area (Å²) in [6.45, 7) is 3.29. The molecule has 6 rings (SSSR count). The number of rotatable bonds is 3. The number of benzene rings is 2. The molecule has 1 aliphatic carbocycles. The Morgan fingerprint density at radius 2 is 1.68 bits per heavy atom. The van der Waals surface area contributed by atoms with E-state index in [2.05, 4.69) is 6.08 Å². The molecule has 0 bridgehead atoms. The lowest BCUT2D eigenvalue weighted by molar-refractivity contribution is 0.102. The van der Waals surface area contributed by atoms with Gasteiger partial charge in [-0.15, -0.1) is 0 Å². The van der Waals surface area contributed by atoms with Crippen molar-refractivity contribution in [1.29, 1.82) is 0 Å². The van der Waals surface area contributed by atoms with E-state index in [9.17, 15) is 9.59 Å². The SMILES string of the molecule is CC(=O)c1sc2nc3nc4c(c(-c5ccc(Cl)cc5)c3c(=O)n2c1C)CCC/C4=C/c1ccc(Cl)cc1. The van der Waals surface area contributed by atoms with Gasteiger partial charge in [-0.3, -0.25) is 14.0 Å². The number of ketones is 1. The number of halogens is 2. The van der Waals surface area contributed by atoms with Crippen LogP contribution in [0.5, 0.6) is 0 Å². The molecule has 0 unspecified atom stereocenters. The van der Waals surface area contributed by atoms with Crippen molar-refractivity contribution in [2.45, 2.75) is 33.1 Å². The number of allylic oxidation sites excluding steroid dienone is 1. The number of carbonyl (C=O) groups excluding carboxylic acids is 1. The van der Waals surface area contributed by atoms with Crippen LogP contribution in [0.1, 0.15) is 52.0 Å². The monoisotopic (exact) mass is 545 g/mol. The molecular weight excluding hydrogens is 525 g/mol. The summed E-state index contributed by atoms with van der Waals surface area (Å²) in [6.07, 6.45) is 4.72. The maximum atomic E-state index is 14.0. The number of aromatic nitrogens is 3. The number of hydrogen-bond acceptors (Lipinski definition) is 5. The fourth-order valence-electron chi connectivity index (χ4n) is 5.11. The minimum atomic E-state index is -0.213. The lowest BCUT2D eigenvalue weighted by Gasteiger charge is -2.23. The minimum absolute atomic E-state index is 0.0881. The van der Waals surface area contributed by atoms with Gasteiger partial charge in [0.05, 0.1) is 16.0 Å². The highest BCUT2D eigenvalue weighted by Gasteiger charge is 2.26. The van der Waals surface area contributed by atoms with Crippen LogP contribution in [0.3, 0.4) is 0 Å². The fraction of sp³-hybridized carbons (Fsp3) is 0.172. The predicted octanol–water partition coefficient (Wildman–Crippen LogP) is 7.67. The number of nitrogens with zero attached hydrogens (tertiary/aromatic N) is 3. The first kappa shape index (κ1) is 24.0. The molecule has 0 fully saturated rings. The van der Waals surface area contributed by atoms with E-state index in [4.69, 9.17) is 33.2 Å². The highest BCUT2D eigenvalue weighted by Crippen LogP contribution is 2.40. The summed E-state index contributed by atoms with van der Waals surface area (Å²) in [5.74, 6) is -0.0881. The molecule has 5 aromatic rings. The van der Waals surface area contributed by atoms with Crippen molar-refractivity contribution in [2.75, 3.05) is 0 Å². The number of fused-ring (bicyclic) bond motifs is 3. The summed E-state index contributed by atoms with van der Waals surface area (Å²) >= 11 is 13.5. The third kappa shape index (κ3) is 4.09. The number of pyridine rings is 1. The Morgan fingerprint density at radius 1 is 1.00 bits per heavy atom. The quantitative estimate of drug-likeness (QED) is 0.218. The van der Waals surface area contributed by atoms with Gasteiger partial charge in [0.1, 0.15) is 0 Å². The molecule has 3 aromatic heterocycles. The Hall–Kier alpha value is -3.32. The van der Waals surface area contributed by atoms with E-state index < -0.39 is 0 Å². The van der Waals surface area contributed by atoms with Crippen LogP contribution in [0.2, 0.25) is 10.0 Å². The molecule has 8 heteroatoms. The van der Waals surface area contributed by atoms with E-state index in [0.29, 0.717) is 36.6 Å². The van der Waals surface area contributed by atoms with Crippen molar-refractivity contribution in [3.8, 4) is 11.1 Å². The molecule has 5 nitrogen and oxygen atoms in total. The van der Waals surface area contributed by atoms with E-state index in [0.717, 1.165) is 52.8 Å². The van der Waals surface area contributed by atoms with E-state index in [1.807, 2.05) is 48.5 Å². The Morgan fingerprint density at radius 3 is 2.35 bits per heavy atom. The molecule has 184 valence electrons. The molecule has 0 spiro atoms. The van der Waals surface area contributed by atoms with Gasteiger partial charge in [-0.1, -0.05) is 58.8 Å². The standard InChI is InChI=1S/C29H21Cl2N3O2S/c1-15-26(16(2)35)37-29-33-27-24(28(36)34(15)29)23(18-8-12-21(31)13-9-18)22-5-3-4-19(25(22)32-27)14-17-6-10-20(30)11-7-17/h6-14H,3-5H2,1-2H3/b19-14-. The van der Waals surface area contributed by atoms with Crippen LogP contribution in [-0.4, -0.2) is 20.2 Å². The zero-order valence-corrected chi connectivity index (χ0v) is 22.5. The van der Waals surface area contributed by atoms with Crippen molar-refractivity contribution in [2.24, 2.45) is 0 Å². The maximum Gasteiger partial charge on any atom is 0.268 e. The van der Waals surface area contributed by atoms with Gasteiger partial charge in [0, 0.05) is 28.2 Å². The van der Waals surface area contributed by atoms with Gasteiger partial charge in [0.25, 0.3) is 5.56 Å². The molecule has 0 amide bonds. The Labute approximate surface area is 227 Å². The summed E-state index contributed by atoms with van der Waals surface area (Å²) in [5, 5.41) is 1.77. The molecule has 0 saturated carbocycles. The average Bonchev–Trinajstić information content (AvgIpc) is 3.22. The first-order valence-corrected chi connectivity index (χ1v) is 13.5. The first-order valence-electron chi connectivity index (χ1n) is 11.9. The molecule has 0 saturated heterocycles. The van der Waals surface area contributed by atoms with Crippen molar-refractivity contribution in [1.82, 2.24) is 14.4 Å². The zero-order chi connectivity index (χ0) is 25.8.